The Hall–Kier alpha value is -1.44. The minimum absolute atomic E-state index is 0.0294. The van der Waals surface area contributed by atoms with Crippen molar-refractivity contribution in [2.75, 3.05) is 19.8 Å². The molecule has 0 saturated carbocycles. The van der Waals surface area contributed by atoms with Crippen LogP contribution in [0.5, 0.6) is 0 Å². The maximum atomic E-state index is 13.0. The Kier molecular flexibility index (Phi) is 3.87. The van der Waals surface area contributed by atoms with Gasteiger partial charge in [0.1, 0.15) is 6.10 Å². The Morgan fingerprint density at radius 3 is 2.70 bits per heavy atom. The summed E-state index contributed by atoms with van der Waals surface area (Å²) in [6.07, 6.45) is 0.847. The smallest absolute Gasteiger partial charge is 0.306 e. The van der Waals surface area contributed by atoms with Gasteiger partial charge in [-0.2, -0.15) is 11.3 Å². The average molecular weight is 337 g/mol. The summed E-state index contributed by atoms with van der Waals surface area (Å²) in [6.45, 7) is 1.26. The summed E-state index contributed by atoms with van der Waals surface area (Å²) in [5, 5.41) is 13.3. The molecule has 2 aliphatic heterocycles. The van der Waals surface area contributed by atoms with E-state index in [-0.39, 0.29) is 30.4 Å². The molecular formula is C16H19NO5S. The number of carbonyl (C=O) groups is 2. The molecule has 2 fully saturated rings. The van der Waals surface area contributed by atoms with E-state index < -0.39 is 12.1 Å². The zero-order chi connectivity index (χ0) is 16.0. The SMILES string of the molecule is O=C(O)C[C@@H]1CN(C(=O)C2Cc3cscc3C2)[C@H]2COC[C@@H]2O1. The second-order valence-electron chi connectivity index (χ2n) is 6.52. The van der Waals surface area contributed by atoms with Gasteiger partial charge in [0.05, 0.1) is 31.8 Å². The Balaban J connectivity index is 1.50. The minimum Gasteiger partial charge on any atom is -0.481 e. The second-order valence-corrected chi connectivity index (χ2v) is 7.26. The van der Waals surface area contributed by atoms with Crippen molar-refractivity contribution in [3.63, 3.8) is 0 Å². The number of ether oxygens (including phenoxy) is 2. The van der Waals surface area contributed by atoms with E-state index in [1.807, 2.05) is 4.90 Å². The van der Waals surface area contributed by atoms with E-state index in [2.05, 4.69) is 10.8 Å². The molecule has 4 rings (SSSR count). The first-order valence-corrected chi connectivity index (χ1v) is 8.85. The fraction of sp³-hybridized carbons (Fsp3) is 0.625. The molecule has 0 aromatic carbocycles. The molecule has 2 saturated heterocycles. The lowest BCUT2D eigenvalue weighted by Crippen LogP contribution is -2.58. The van der Waals surface area contributed by atoms with E-state index in [0.29, 0.717) is 19.8 Å². The Bertz CT molecular complexity index is 609. The van der Waals surface area contributed by atoms with Crippen LogP contribution in [0.1, 0.15) is 17.5 Å². The van der Waals surface area contributed by atoms with Crippen LogP contribution >= 0.6 is 11.3 Å². The van der Waals surface area contributed by atoms with Crippen LogP contribution in [0.15, 0.2) is 10.8 Å². The van der Waals surface area contributed by atoms with E-state index in [1.54, 1.807) is 11.3 Å². The zero-order valence-corrected chi connectivity index (χ0v) is 13.5. The molecule has 1 N–H and O–H groups in total. The average Bonchev–Trinajstić information content (AvgIpc) is 3.19. The van der Waals surface area contributed by atoms with Gasteiger partial charge in [-0.1, -0.05) is 0 Å². The summed E-state index contributed by atoms with van der Waals surface area (Å²) in [4.78, 5) is 25.8. The van der Waals surface area contributed by atoms with Crippen LogP contribution in [0.25, 0.3) is 0 Å². The first-order valence-electron chi connectivity index (χ1n) is 7.91. The molecule has 0 bridgehead atoms. The Labute approximate surface area is 138 Å². The predicted molar refractivity (Wildman–Crippen MR) is 82.5 cm³/mol. The van der Waals surface area contributed by atoms with Gasteiger partial charge in [-0.25, -0.2) is 0 Å². The minimum atomic E-state index is -0.900. The van der Waals surface area contributed by atoms with Gasteiger partial charge >= 0.3 is 5.97 Å². The number of carbonyl (C=O) groups excluding carboxylic acids is 1. The van der Waals surface area contributed by atoms with Crippen LogP contribution in [0, 0.1) is 5.92 Å². The first-order chi connectivity index (χ1) is 11.1. The summed E-state index contributed by atoms with van der Waals surface area (Å²) in [5.41, 5.74) is 2.56. The lowest BCUT2D eigenvalue weighted by molar-refractivity contribution is -0.161. The van der Waals surface area contributed by atoms with Gasteiger partial charge in [-0.15, -0.1) is 0 Å². The van der Waals surface area contributed by atoms with Gasteiger partial charge in [0.2, 0.25) is 5.91 Å². The number of thiophene rings is 1. The molecule has 6 nitrogen and oxygen atoms in total. The van der Waals surface area contributed by atoms with Crippen molar-refractivity contribution in [3.8, 4) is 0 Å². The third kappa shape index (κ3) is 2.77. The van der Waals surface area contributed by atoms with E-state index in [1.165, 1.54) is 11.1 Å². The van der Waals surface area contributed by atoms with Gasteiger partial charge in [-0.05, 0) is 34.7 Å². The number of amides is 1. The molecule has 0 spiro atoms. The van der Waals surface area contributed by atoms with E-state index in [0.717, 1.165) is 12.8 Å². The zero-order valence-electron chi connectivity index (χ0n) is 12.6. The summed E-state index contributed by atoms with van der Waals surface area (Å²) in [6, 6.07) is -0.0784. The van der Waals surface area contributed by atoms with Crippen molar-refractivity contribution in [1.29, 1.82) is 0 Å². The standard InChI is InChI=1S/C16H19NO5S/c18-15(19)3-12-4-17(13-5-21-6-14(13)22-12)16(20)9-1-10-7-23-8-11(10)2-9/h7-9,12-14H,1-6H2,(H,18,19)/t12-,13+,14+/m1/s1. The number of hydrogen-bond donors (Lipinski definition) is 1. The van der Waals surface area contributed by atoms with Crippen LogP contribution < -0.4 is 0 Å². The molecule has 7 heteroatoms. The lowest BCUT2D eigenvalue weighted by Gasteiger charge is -2.41. The summed E-state index contributed by atoms with van der Waals surface area (Å²) >= 11 is 1.68. The fourth-order valence-corrected chi connectivity index (χ4v) is 4.76. The number of carboxylic acid groups (broad SMARTS) is 1. The van der Waals surface area contributed by atoms with Crippen LogP contribution in [0.2, 0.25) is 0 Å². The van der Waals surface area contributed by atoms with Crippen LogP contribution in [-0.2, 0) is 31.9 Å². The third-order valence-corrected chi connectivity index (χ3v) is 5.81. The highest BCUT2D eigenvalue weighted by atomic mass is 32.1. The van der Waals surface area contributed by atoms with Gasteiger partial charge in [0.15, 0.2) is 0 Å². The summed E-state index contributed by atoms with van der Waals surface area (Å²) < 4.78 is 11.3. The van der Waals surface area contributed by atoms with Gasteiger partial charge in [0, 0.05) is 12.5 Å². The van der Waals surface area contributed by atoms with Crippen LogP contribution in [0.3, 0.4) is 0 Å². The third-order valence-electron chi connectivity index (χ3n) is 4.97. The number of nitrogens with zero attached hydrogens (tertiary/aromatic N) is 1. The lowest BCUT2D eigenvalue weighted by atomic mass is 10.00. The highest BCUT2D eigenvalue weighted by molar-refractivity contribution is 7.08. The molecule has 1 aromatic heterocycles. The largest absolute Gasteiger partial charge is 0.481 e. The Morgan fingerprint density at radius 1 is 1.26 bits per heavy atom. The fourth-order valence-electron chi connectivity index (χ4n) is 3.87. The molecule has 3 aliphatic rings. The van der Waals surface area contributed by atoms with E-state index in [9.17, 15) is 9.59 Å². The van der Waals surface area contributed by atoms with Crippen LogP contribution in [-0.4, -0.2) is 59.9 Å². The summed E-state index contributed by atoms with van der Waals surface area (Å²) in [5.74, 6) is -0.814. The van der Waals surface area contributed by atoms with Crippen molar-refractivity contribution in [2.45, 2.75) is 37.5 Å². The Morgan fingerprint density at radius 2 is 2.00 bits per heavy atom. The number of carboxylic acids is 1. The van der Waals surface area contributed by atoms with Gasteiger partial charge < -0.3 is 19.5 Å². The van der Waals surface area contributed by atoms with Gasteiger partial charge in [0.25, 0.3) is 0 Å². The molecule has 3 atom stereocenters. The number of hydrogen-bond acceptors (Lipinski definition) is 5. The highest BCUT2D eigenvalue weighted by Crippen LogP contribution is 2.33. The van der Waals surface area contributed by atoms with Crippen molar-refractivity contribution < 1.29 is 24.2 Å². The number of morpholine rings is 1. The number of fused-ring (bicyclic) bond motifs is 2. The number of aliphatic carboxylic acids is 1. The van der Waals surface area contributed by atoms with E-state index in [4.69, 9.17) is 14.6 Å². The molecule has 1 aromatic rings. The molecule has 0 radical (unpaired) electrons. The maximum absolute atomic E-state index is 13.0. The molecule has 23 heavy (non-hydrogen) atoms. The molecular weight excluding hydrogens is 318 g/mol. The van der Waals surface area contributed by atoms with Crippen molar-refractivity contribution in [3.05, 3.63) is 21.9 Å². The maximum Gasteiger partial charge on any atom is 0.306 e. The quantitative estimate of drug-likeness (QED) is 0.888. The highest BCUT2D eigenvalue weighted by Gasteiger charge is 2.45. The first kappa shape index (κ1) is 15.1. The molecule has 1 aliphatic carbocycles. The molecule has 124 valence electrons. The van der Waals surface area contributed by atoms with Gasteiger partial charge in [-0.3, -0.25) is 9.59 Å². The summed E-state index contributed by atoms with van der Waals surface area (Å²) in [7, 11) is 0. The van der Waals surface area contributed by atoms with Crippen molar-refractivity contribution >= 4 is 23.2 Å². The second kappa shape index (κ2) is 5.89. The molecule has 3 heterocycles. The predicted octanol–water partition coefficient (Wildman–Crippen LogP) is 0.932. The topological polar surface area (TPSA) is 76.1 Å². The normalized spacial score (nSPS) is 30.3. The van der Waals surface area contributed by atoms with Crippen LogP contribution in [0.4, 0.5) is 0 Å². The van der Waals surface area contributed by atoms with E-state index >= 15 is 0 Å². The van der Waals surface area contributed by atoms with Crippen molar-refractivity contribution in [1.82, 2.24) is 4.90 Å². The number of rotatable bonds is 3. The monoisotopic (exact) mass is 337 g/mol. The molecule has 0 unspecified atom stereocenters. The molecule has 1 amide bonds. The van der Waals surface area contributed by atoms with Crippen molar-refractivity contribution in [2.24, 2.45) is 5.92 Å².